The minimum Gasteiger partial charge on any atom is -0.313 e. The van der Waals surface area contributed by atoms with E-state index in [0.717, 1.165) is 59.3 Å². The maximum Gasteiger partial charge on any atom is 0.0998 e. The largest absolute Gasteiger partial charge is 0.313 e. The molecule has 0 spiro atoms. The number of rotatable bonds is 4. The van der Waals surface area contributed by atoms with Crippen LogP contribution in [0.2, 0.25) is 0 Å². The average Bonchev–Trinajstić information content (AvgIpc) is 3.65. The number of aromatic nitrogens is 2. The molecule has 224 valence electrons. The Labute approximate surface area is 275 Å². The van der Waals surface area contributed by atoms with Crippen LogP contribution in [0.15, 0.2) is 127 Å². The van der Waals surface area contributed by atoms with E-state index < -0.39 is 0 Å². The zero-order valence-corrected chi connectivity index (χ0v) is 26.4. The van der Waals surface area contributed by atoms with Gasteiger partial charge in [0.15, 0.2) is 0 Å². The second-order valence-corrected chi connectivity index (χ2v) is 12.7. The lowest BCUT2D eigenvalue weighted by Gasteiger charge is -2.19. The molecule has 0 radical (unpaired) electrons. The number of benzene rings is 5. The van der Waals surface area contributed by atoms with E-state index in [-0.39, 0.29) is 0 Å². The lowest BCUT2D eigenvalue weighted by molar-refractivity contribution is 0.863. The fourth-order valence-corrected chi connectivity index (χ4v) is 8.00. The molecule has 0 unspecified atom stereocenters. The zero-order valence-electron chi connectivity index (χ0n) is 26.4. The van der Waals surface area contributed by atoms with Gasteiger partial charge in [-0.15, -0.1) is 0 Å². The Morgan fingerprint density at radius 1 is 0.660 bits per heavy atom. The molecule has 0 fully saturated rings. The highest BCUT2D eigenvalue weighted by Gasteiger charge is 2.26. The van der Waals surface area contributed by atoms with Crippen LogP contribution in [0.25, 0.3) is 67.1 Å². The van der Waals surface area contributed by atoms with Crippen LogP contribution in [0.5, 0.6) is 0 Å². The van der Waals surface area contributed by atoms with Gasteiger partial charge in [0.25, 0.3) is 0 Å². The highest BCUT2D eigenvalue weighted by atomic mass is 15.0. The van der Waals surface area contributed by atoms with Crippen molar-refractivity contribution in [3.63, 3.8) is 0 Å². The molecule has 47 heavy (non-hydrogen) atoms. The van der Waals surface area contributed by atoms with Gasteiger partial charge in [0.1, 0.15) is 0 Å². The molecular formula is C44H33N3. The van der Waals surface area contributed by atoms with Crippen molar-refractivity contribution in [2.24, 2.45) is 0 Å². The molecular weight excluding hydrogens is 571 g/mol. The first kappa shape index (κ1) is 27.5. The molecule has 2 aromatic heterocycles. The molecule has 0 N–H and O–H groups in total. The predicted octanol–water partition coefficient (Wildman–Crippen LogP) is 11.1. The summed E-state index contributed by atoms with van der Waals surface area (Å²) in [6, 6.07) is 43.6. The molecule has 2 aliphatic rings. The Kier molecular flexibility index (Phi) is 6.37. The highest BCUT2D eigenvalue weighted by Crippen LogP contribution is 2.41. The van der Waals surface area contributed by atoms with Crippen LogP contribution >= 0.6 is 0 Å². The summed E-state index contributed by atoms with van der Waals surface area (Å²) in [5, 5.41) is 13.0. The van der Waals surface area contributed by atoms with Gasteiger partial charge in [0.2, 0.25) is 0 Å². The quantitative estimate of drug-likeness (QED) is 0.197. The van der Waals surface area contributed by atoms with Crippen molar-refractivity contribution in [1.29, 1.82) is 5.26 Å². The molecule has 9 rings (SSSR count). The zero-order chi connectivity index (χ0) is 31.5. The molecule has 0 saturated heterocycles. The summed E-state index contributed by atoms with van der Waals surface area (Å²) >= 11 is 0. The van der Waals surface area contributed by atoms with E-state index in [0.29, 0.717) is 5.56 Å². The van der Waals surface area contributed by atoms with Gasteiger partial charge < -0.3 is 9.13 Å². The van der Waals surface area contributed by atoms with E-state index in [2.05, 4.69) is 156 Å². The van der Waals surface area contributed by atoms with Crippen LogP contribution < -0.4 is 0 Å². The van der Waals surface area contributed by atoms with Crippen molar-refractivity contribution in [3.8, 4) is 39.7 Å². The number of para-hydroxylation sites is 3. The highest BCUT2D eigenvalue weighted by molar-refractivity contribution is 6.09. The van der Waals surface area contributed by atoms with E-state index in [4.69, 9.17) is 0 Å². The Morgan fingerprint density at radius 3 is 2.17 bits per heavy atom. The van der Waals surface area contributed by atoms with E-state index >= 15 is 0 Å². The lowest BCUT2D eigenvalue weighted by Crippen LogP contribution is -2.07. The number of hydrogen-bond acceptors (Lipinski definition) is 1. The molecule has 0 saturated carbocycles. The number of nitrogens with zero attached hydrogens (tertiary/aromatic N) is 3. The summed E-state index contributed by atoms with van der Waals surface area (Å²) in [7, 11) is 0. The summed E-state index contributed by atoms with van der Waals surface area (Å²) < 4.78 is 4.81. The molecule has 3 nitrogen and oxygen atoms in total. The lowest BCUT2D eigenvalue weighted by atomic mass is 9.92. The standard InChI is InChI=1S/C44H33N3/c1-29-12-10-19-39-38-18-5-7-21-41(38)46(44(29)39)33-24-25-34(32(27-33)28-45)30-13-11-14-31(26-30)35-15-2-6-20-40(35)47-42-22-8-3-16-36(42)37-17-4-9-23-43(37)47/h2-6,8-9,11-18,20,22-27H,7,10,19,21H2,1H3. The summed E-state index contributed by atoms with van der Waals surface area (Å²) in [6.07, 6.45) is 11.2. The van der Waals surface area contributed by atoms with Crippen LogP contribution in [0.1, 0.15) is 47.8 Å². The van der Waals surface area contributed by atoms with Gasteiger partial charge in [-0.1, -0.05) is 97.1 Å². The van der Waals surface area contributed by atoms with Crippen molar-refractivity contribution >= 4 is 33.5 Å². The Morgan fingerprint density at radius 2 is 1.38 bits per heavy atom. The molecule has 0 aliphatic heterocycles. The maximum atomic E-state index is 10.5. The Hall–Kier alpha value is -5.85. The second-order valence-electron chi connectivity index (χ2n) is 12.7. The van der Waals surface area contributed by atoms with Crippen LogP contribution in [-0.4, -0.2) is 9.13 Å². The monoisotopic (exact) mass is 603 g/mol. The first-order valence-electron chi connectivity index (χ1n) is 16.5. The summed E-state index contributed by atoms with van der Waals surface area (Å²) in [5.41, 5.74) is 16.4. The molecule has 0 bridgehead atoms. The van der Waals surface area contributed by atoms with Crippen LogP contribution in [-0.2, 0) is 12.8 Å². The van der Waals surface area contributed by atoms with Crippen molar-refractivity contribution in [3.05, 3.63) is 155 Å². The maximum absolute atomic E-state index is 10.5. The third kappa shape index (κ3) is 4.26. The number of hydrogen-bond donors (Lipinski definition) is 0. The van der Waals surface area contributed by atoms with Gasteiger partial charge >= 0.3 is 0 Å². The summed E-state index contributed by atoms with van der Waals surface area (Å²) in [6.45, 7) is 2.23. The van der Waals surface area contributed by atoms with Crippen LogP contribution in [0, 0.1) is 11.3 Å². The van der Waals surface area contributed by atoms with Gasteiger partial charge in [0.05, 0.1) is 34.0 Å². The van der Waals surface area contributed by atoms with Crippen molar-refractivity contribution in [2.45, 2.75) is 32.6 Å². The molecule has 7 aromatic rings. The summed E-state index contributed by atoms with van der Waals surface area (Å²) in [4.78, 5) is 0. The van der Waals surface area contributed by atoms with E-state index in [9.17, 15) is 5.26 Å². The minimum absolute atomic E-state index is 0.690. The fourth-order valence-electron chi connectivity index (χ4n) is 8.00. The Balaban J connectivity index is 1.17. The van der Waals surface area contributed by atoms with Crippen molar-refractivity contribution in [2.75, 3.05) is 0 Å². The number of allylic oxidation sites excluding steroid dienone is 3. The third-order valence-electron chi connectivity index (χ3n) is 10.1. The average molecular weight is 604 g/mol. The first-order valence-corrected chi connectivity index (χ1v) is 16.5. The van der Waals surface area contributed by atoms with Crippen LogP contribution in [0.4, 0.5) is 0 Å². The van der Waals surface area contributed by atoms with Gasteiger partial charge in [-0.05, 0) is 102 Å². The van der Waals surface area contributed by atoms with Gasteiger partial charge in [-0.25, -0.2) is 0 Å². The van der Waals surface area contributed by atoms with E-state index in [1.165, 1.54) is 49.9 Å². The molecule has 2 aliphatic carbocycles. The Bertz CT molecular complexity index is 2440. The molecule has 0 amide bonds. The number of fused-ring (bicyclic) bond motifs is 6. The number of nitriles is 1. The van der Waals surface area contributed by atoms with Gasteiger partial charge in [-0.2, -0.15) is 5.26 Å². The normalized spacial score (nSPS) is 13.7. The molecule has 3 heteroatoms. The fraction of sp³-hybridized carbons (Fsp3) is 0.114. The SMILES string of the molecule is CC1=CCCc2c3c(n(-c4ccc(-c5cccc(-c6ccccc6-n6c7ccccc7c7ccccc76)c5)c(C#N)c4)c21)CCC=C3. The molecule has 2 heterocycles. The van der Waals surface area contributed by atoms with Crippen molar-refractivity contribution in [1.82, 2.24) is 9.13 Å². The smallest absolute Gasteiger partial charge is 0.0998 e. The van der Waals surface area contributed by atoms with Gasteiger partial charge in [-0.3, -0.25) is 0 Å². The molecule has 5 aromatic carbocycles. The van der Waals surface area contributed by atoms with E-state index in [1.54, 1.807) is 0 Å². The summed E-state index contributed by atoms with van der Waals surface area (Å²) in [5.74, 6) is 0. The predicted molar refractivity (Wildman–Crippen MR) is 195 cm³/mol. The van der Waals surface area contributed by atoms with Crippen molar-refractivity contribution < 1.29 is 0 Å². The van der Waals surface area contributed by atoms with Gasteiger partial charge in [0, 0.05) is 27.7 Å². The van der Waals surface area contributed by atoms with E-state index in [1.807, 2.05) is 0 Å². The first-order chi connectivity index (χ1) is 23.2. The second kappa shape index (κ2) is 10.9. The van der Waals surface area contributed by atoms with Crippen LogP contribution in [0.3, 0.4) is 0 Å². The third-order valence-corrected chi connectivity index (χ3v) is 10.1. The minimum atomic E-state index is 0.690. The molecule has 0 atom stereocenters. The topological polar surface area (TPSA) is 33.6 Å².